The molecule has 0 bridgehead atoms. The summed E-state index contributed by atoms with van der Waals surface area (Å²) < 4.78 is 15.9. The largest absolute Gasteiger partial charge is 0.490 e. The van der Waals surface area contributed by atoms with E-state index in [-0.39, 0.29) is 11.8 Å². The minimum atomic E-state index is -0.822. The van der Waals surface area contributed by atoms with Gasteiger partial charge >= 0.3 is 5.97 Å². The van der Waals surface area contributed by atoms with Crippen molar-refractivity contribution in [3.8, 4) is 11.5 Å². The van der Waals surface area contributed by atoms with E-state index >= 15 is 0 Å². The Kier molecular flexibility index (Phi) is 5.25. The third-order valence-corrected chi connectivity index (χ3v) is 3.63. The normalized spacial score (nSPS) is 20.4. The first kappa shape index (κ1) is 16.1. The maximum atomic E-state index is 11.9. The van der Waals surface area contributed by atoms with E-state index in [9.17, 15) is 9.59 Å². The van der Waals surface area contributed by atoms with E-state index in [2.05, 4.69) is 5.32 Å². The molecular formula is C16H21NO5. The lowest BCUT2D eigenvalue weighted by Crippen LogP contribution is -2.28. The van der Waals surface area contributed by atoms with E-state index in [1.165, 1.54) is 7.11 Å². The van der Waals surface area contributed by atoms with Crippen molar-refractivity contribution < 1.29 is 23.8 Å². The summed E-state index contributed by atoms with van der Waals surface area (Å²) in [5.41, 5.74) is 0.848. The first-order chi connectivity index (χ1) is 10.6. The smallest absolute Gasteiger partial charge is 0.318 e. The van der Waals surface area contributed by atoms with Crippen molar-refractivity contribution in [3.05, 3.63) is 23.8 Å². The third kappa shape index (κ3) is 3.16. The predicted octanol–water partition coefficient (Wildman–Crippen LogP) is 1.49. The standard InChI is InChI=1S/C16H21NO5/c1-4-21-12-7-6-10(8-13(12)22-5-2)11-9-17-15(18)14(11)16(19)20-3/h6-8,11,14H,4-5,9H2,1-3H3,(H,17,18). The van der Waals surface area contributed by atoms with E-state index in [0.717, 1.165) is 5.56 Å². The molecule has 6 nitrogen and oxygen atoms in total. The molecule has 6 heteroatoms. The van der Waals surface area contributed by atoms with Crippen LogP contribution >= 0.6 is 0 Å². The predicted molar refractivity (Wildman–Crippen MR) is 80.0 cm³/mol. The van der Waals surface area contributed by atoms with Gasteiger partial charge in [-0.05, 0) is 31.5 Å². The Hall–Kier alpha value is -2.24. The van der Waals surface area contributed by atoms with Crippen LogP contribution in [-0.2, 0) is 14.3 Å². The van der Waals surface area contributed by atoms with Gasteiger partial charge in [0.15, 0.2) is 11.5 Å². The fourth-order valence-corrected chi connectivity index (χ4v) is 2.63. The number of hydrogen-bond donors (Lipinski definition) is 1. The highest BCUT2D eigenvalue weighted by atomic mass is 16.5. The zero-order chi connectivity index (χ0) is 16.1. The summed E-state index contributed by atoms with van der Waals surface area (Å²) in [5.74, 6) is -0.646. The van der Waals surface area contributed by atoms with Gasteiger partial charge in [0.2, 0.25) is 5.91 Å². The number of methoxy groups -OCH3 is 1. The van der Waals surface area contributed by atoms with Crippen molar-refractivity contribution in [2.24, 2.45) is 5.92 Å². The van der Waals surface area contributed by atoms with Crippen LogP contribution in [0.1, 0.15) is 25.3 Å². The number of esters is 1. The molecule has 0 radical (unpaired) electrons. The van der Waals surface area contributed by atoms with Gasteiger partial charge in [-0.3, -0.25) is 9.59 Å². The molecule has 120 valence electrons. The summed E-state index contributed by atoms with van der Waals surface area (Å²) >= 11 is 0. The first-order valence-corrected chi connectivity index (χ1v) is 7.37. The number of rotatable bonds is 6. The summed E-state index contributed by atoms with van der Waals surface area (Å²) in [5, 5.41) is 2.71. The number of carbonyl (C=O) groups excluding carboxylic acids is 2. The Labute approximate surface area is 129 Å². The second-order valence-electron chi connectivity index (χ2n) is 4.92. The highest BCUT2D eigenvalue weighted by Gasteiger charge is 2.42. The molecular weight excluding hydrogens is 286 g/mol. The molecule has 1 saturated heterocycles. The van der Waals surface area contributed by atoms with Crippen LogP contribution in [0.25, 0.3) is 0 Å². The Bertz CT molecular complexity index is 557. The zero-order valence-electron chi connectivity index (χ0n) is 13.0. The van der Waals surface area contributed by atoms with E-state index < -0.39 is 11.9 Å². The van der Waals surface area contributed by atoms with Gasteiger partial charge in [0.05, 0.1) is 20.3 Å². The Balaban J connectivity index is 2.33. The van der Waals surface area contributed by atoms with Crippen molar-refractivity contribution in [1.82, 2.24) is 5.32 Å². The number of benzene rings is 1. The minimum absolute atomic E-state index is 0.269. The lowest BCUT2D eigenvalue weighted by molar-refractivity contribution is -0.149. The third-order valence-electron chi connectivity index (χ3n) is 3.63. The molecule has 0 aromatic heterocycles. The van der Waals surface area contributed by atoms with Crippen LogP contribution < -0.4 is 14.8 Å². The van der Waals surface area contributed by atoms with Gasteiger partial charge in [0, 0.05) is 12.5 Å². The number of carbonyl (C=O) groups is 2. The van der Waals surface area contributed by atoms with Gasteiger partial charge in [0.1, 0.15) is 5.92 Å². The first-order valence-electron chi connectivity index (χ1n) is 7.37. The quantitative estimate of drug-likeness (QED) is 0.636. The second kappa shape index (κ2) is 7.15. The van der Waals surface area contributed by atoms with Crippen LogP contribution in [0.3, 0.4) is 0 Å². The topological polar surface area (TPSA) is 73.9 Å². The summed E-state index contributed by atoms with van der Waals surface area (Å²) in [6.07, 6.45) is 0. The van der Waals surface area contributed by atoms with E-state index in [1.807, 2.05) is 26.0 Å². The maximum absolute atomic E-state index is 11.9. The van der Waals surface area contributed by atoms with Crippen LogP contribution in [0, 0.1) is 5.92 Å². The fourth-order valence-electron chi connectivity index (χ4n) is 2.63. The number of amides is 1. The molecule has 0 aliphatic carbocycles. The van der Waals surface area contributed by atoms with Crippen molar-refractivity contribution in [3.63, 3.8) is 0 Å². The molecule has 1 fully saturated rings. The molecule has 1 aromatic rings. The van der Waals surface area contributed by atoms with E-state index in [0.29, 0.717) is 31.3 Å². The van der Waals surface area contributed by atoms with Gasteiger partial charge in [-0.2, -0.15) is 0 Å². The number of hydrogen-bond acceptors (Lipinski definition) is 5. The van der Waals surface area contributed by atoms with Crippen LogP contribution in [-0.4, -0.2) is 38.7 Å². The molecule has 1 heterocycles. The second-order valence-corrected chi connectivity index (χ2v) is 4.92. The van der Waals surface area contributed by atoms with E-state index in [1.54, 1.807) is 6.07 Å². The maximum Gasteiger partial charge on any atom is 0.318 e. The van der Waals surface area contributed by atoms with Gasteiger partial charge in [-0.1, -0.05) is 6.07 Å². The zero-order valence-corrected chi connectivity index (χ0v) is 13.0. The van der Waals surface area contributed by atoms with Gasteiger partial charge in [-0.15, -0.1) is 0 Å². The molecule has 0 saturated carbocycles. The lowest BCUT2D eigenvalue weighted by Gasteiger charge is -2.18. The van der Waals surface area contributed by atoms with Crippen LogP contribution in [0.2, 0.25) is 0 Å². The molecule has 1 aliphatic rings. The van der Waals surface area contributed by atoms with Crippen molar-refractivity contribution >= 4 is 11.9 Å². The molecule has 1 aliphatic heterocycles. The molecule has 2 atom stereocenters. The summed E-state index contributed by atoms with van der Waals surface area (Å²) in [6.45, 7) is 5.23. The Morgan fingerprint density at radius 3 is 2.55 bits per heavy atom. The molecule has 0 spiro atoms. The van der Waals surface area contributed by atoms with Gasteiger partial charge in [-0.25, -0.2) is 0 Å². The number of nitrogens with one attached hydrogen (secondary N) is 1. The van der Waals surface area contributed by atoms with Gasteiger partial charge in [0.25, 0.3) is 0 Å². The number of ether oxygens (including phenoxy) is 3. The molecule has 1 aromatic carbocycles. The van der Waals surface area contributed by atoms with Crippen LogP contribution in [0.15, 0.2) is 18.2 Å². The molecule has 22 heavy (non-hydrogen) atoms. The lowest BCUT2D eigenvalue weighted by atomic mass is 9.88. The van der Waals surface area contributed by atoms with Crippen LogP contribution in [0.5, 0.6) is 11.5 Å². The van der Waals surface area contributed by atoms with Crippen molar-refractivity contribution in [2.45, 2.75) is 19.8 Å². The fraction of sp³-hybridized carbons (Fsp3) is 0.500. The molecule has 1 N–H and O–H groups in total. The SMILES string of the molecule is CCOc1ccc(C2CNC(=O)C2C(=O)OC)cc1OCC. The molecule has 1 amide bonds. The Morgan fingerprint density at radius 1 is 1.23 bits per heavy atom. The summed E-state index contributed by atoms with van der Waals surface area (Å²) in [6, 6.07) is 5.49. The molecule has 2 rings (SSSR count). The highest BCUT2D eigenvalue weighted by Crippen LogP contribution is 2.36. The van der Waals surface area contributed by atoms with Gasteiger partial charge < -0.3 is 19.5 Å². The monoisotopic (exact) mass is 307 g/mol. The van der Waals surface area contributed by atoms with Crippen molar-refractivity contribution in [1.29, 1.82) is 0 Å². The molecule has 2 unspecified atom stereocenters. The average Bonchev–Trinajstić information content (AvgIpc) is 2.90. The summed E-state index contributed by atoms with van der Waals surface area (Å²) in [4.78, 5) is 23.7. The average molecular weight is 307 g/mol. The van der Waals surface area contributed by atoms with Crippen LogP contribution in [0.4, 0.5) is 0 Å². The highest BCUT2D eigenvalue weighted by molar-refractivity contribution is 6.00. The minimum Gasteiger partial charge on any atom is -0.490 e. The Morgan fingerprint density at radius 2 is 1.91 bits per heavy atom. The van der Waals surface area contributed by atoms with E-state index in [4.69, 9.17) is 14.2 Å². The summed E-state index contributed by atoms with van der Waals surface area (Å²) in [7, 11) is 1.29. The van der Waals surface area contributed by atoms with Crippen molar-refractivity contribution in [2.75, 3.05) is 26.9 Å².